The average Bonchev–Trinajstić information content (AvgIpc) is 2.72. The lowest BCUT2D eigenvalue weighted by Crippen LogP contribution is -2.37. The Morgan fingerprint density at radius 3 is 2.48 bits per heavy atom. The molecule has 1 atom stereocenters. The summed E-state index contributed by atoms with van der Waals surface area (Å²) in [5.41, 5.74) is 3.66. The summed E-state index contributed by atoms with van der Waals surface area (Å²) >= 11 is 0. The summed E-state index contributed by atoms with van der Waals surface area (Å²) in [6.07, 6.45) is 0.513. The molecule has 0 bridgehead atoms. The first-order valence-corrected chi connectivity index (χ1v) is 10.9. The predicted molar refractivity (Wildman–Crippen MR) is 112 cm³/mol. The van der Waals surface area contributed by atoms with E-state index < -0.39 is 16.1 Å². The van der Waals surface area contributed by atoms with Crippen LogP contribution in [0.3, 0.4) is 0 Å². The first kappa shape index (κ1) is 19.5. The number of para-hydroxylation sites is 1. The SMILES string of the molecule is CCC1c2cc(F)ccc2-c2ccccc2N1S(=O)(=O)c1ccc(OC)c(C)c1. The second-order valence-corrected chi connectivity index (χ2v) is 8.92. The molecule has 1 aliphatic heterocycles. The fourth-order valence-electron chi connectivity index (χ4n) is 4.05. The van der Waals surface area contributed by atoms with Gasteiger partial charge in [0, 0.05) is 5.56 Å². The second kappa shape index (κ2) is 7.19. The number of rotatable bonds is 4. The standard InChI is InChI=1S/C23H22FNO3S/c1-4-21-20-14-16(24)9-11-18(20)19-7-5-6-8-22(19)25(21)29(26,27)17-10-12-23(28-3)15(2)13-17/h5-14,21H,4H2,1-3H3. The van der Waals surface area contributed by atoms with Gasteiger partial charge < -0.3 is 4.74 Å². The molecule has 0 amide bonds. The summed E-state index contributed by atoms with van der Waals surface area (Å²) in [7, 11) is -2.33. The summed E-state index contributed by atoms with van der Waals surface area (Å²) in [6.45, 7) is 3.72. The minimum Gasteiger partial charge on any atom is -0.496 e. The topological polar surface area (TPSA) is 46.6 Å². The molecule has 0 saturated carbocycles. The van der Waals surface area contributed by atoms with Crippen molar-refractivity contribution in [1.82, 2.24) is 0 Å². The van der Waals surface area contributed by atoms with Crippen LogP contribution >= 0.6 is 0 Å². The highest BCUT2D eigenvalue weighted by molar-refractivity contribution is 7.92. The number of halogens is 1. The molecule has 0 fully saturated rings. The van der Waals surface area contributed by atoms with Gasteiger partial charge >= 0.3 is 0 Å². The number of hydrogen-bond donors (Lipinski definition) is 0. The zero-order chi connectivity index (χ0) is 20.8. The Labute approximate surface area is 170 Å². The molecule has 3 aromatic rings. The zero-order valence-electron chi connectivity index (χ0n) is 16.5. The van der Waals surface area contributed by atoms with Crippen molar-refractivity contribution in [3.05, 3.63) is 77.6 Å². The molecular formula is C23H22FNO3S. The largest absolute Gasteiger partial charge is 0.496 e. The van der Waals surface area contributed by atoms with E-state index in [4.69, 9.17) is 4.74 Å². The molecule has 150 valence electrons. The minimum absolute atomic E-state index is 0.184. The van der Waals surface area contributed by atoms with Crippen molar-refractivity contribution in [3.8, 4) is 16.9 Å². The number of nitrogens with zero attached hydrogens (tertiary/aromatic N) is 1. The van der Waals surface area contributed by atoms with Crippen LogP contribution in [0.1, 0.15) is 30.5 Å². The van der Waals surface area contributed by atoms with Crippen LogP contribution in [0.4, 0.5) is 10.1 Å². The molecule has 0 aromatic heterocycles. The monoisotopic (exact) mass is 411 g/mol. The highest BCUT2D eigenvalue weighted by Gasteiger charge is 2.38. The third-order valence-electron chi connectivity index (χ3n) is 5.40. The Morgan fingerprint density at radius 2 is 1.79 bits per heavy atom. The maximum atomic E-state index is 14.1. The molecule has 0 saturated heterocycles. The number of hydrogen-bond acceptors (Lipinski definition) is 3. The summed E-state index contributed by atoms with van der Waals surface area (Å²) < 4.78 is 48.3. The number of benzene rings is 3. The summed E-state index contributed by atoms with van der Waals surface area (Å²) in [5, 5.41) is 0. The molecule has 1 unspecified atom stereocenters. The lowest BCUT2D eigenvalue weighted by atomic mass is 9.88. The third-order valence-corrected chi connectivity index (χ3v) is 7.22. The van der Waals surface area contributed by atoms with E-state index in [1.165, 1.54) is 16.4 Å². The Balaban J connectivity index is 1.96. The van der Waals surface area contributed by atoms with Crippen molar-refractivity contribution < 1.29 is 17.5 Å². The van der Waals surface area contributed by atoms with Crippen molar-refractivity contribution in [3.63, 3.8) is 0 Å². The number of sulfonamides is 1. The normalized spacial score (nSPS) is 15.6. The number of fused-ring (bicyclic) bond motifs is 3. The van der Waals surface area contributed by atoms with Gasteiger partial charge in [-0.05, 0) is 66.4 Å². The van der Waals surface area contributed by atoms with E-state index >= 15 is 0 Å². The van der Waals surface area contributed by atoms with Crippen LogP contribution in [0.15, 0.2) is 65.6 Å². The van der Waals surface area contributed by atoms with Gasteiger partial charge in [0.2, 0.25) is 0 Å². The van der Waals surface area contributed by atoms with Crippen molar-refractivity contribution >= 4 is 15.7 Å². The molecule has 0 radical (unpaired) electrons. The number of anilines is 1. The molecule has 0 spiro atoms. The number of methoxy groups -OCH3 is 1. The number of aryl methyl sites for hydroxylation is 1. The van der Waals surface area contributed by atoms with Crippen molar-refractivity contribution in [2.24, 2.45) is 0 Å². The molecular weight excluding hydrogens is 389 g/mol. The van der Waals surface area contributed by atoms with Gasteiger partial charge in [-0.3, -0.25) is 4.31 Å². The van der Waals surface area contributed by atoms with Gasteiger partial charge in [-0.15, -0.1) is 0 Å². The quantitative estimate of drug-likeness (QED) is 0.572. The molecule has 6 heteroatoms. The fourth-order valence-corrected chi connectivity index (χ4v) is 5.86. The van der Waals surface area contributed by atoms with Gasteiger partial charge in [0.25, 0.3) is 10.0 Å². The Morgan fingerprint density at radius 1 is 1.03 bits per heavy atom. The van der Waals surface area contributed by atoms with Gasteiger partial charge in [0.05, 0.1) is 23.7 Å². The predicted octanol–water partition coefficient (Wildman–Crippen LogP) is 5.47. The van der Waals surface area contributed by atoms with Crippen LogP contribution in [0.5, 0.6) is 5.75 Å². The Kier molecular flexibility index (Phi) is 4.82. The van der Waals surface area contributed by atoms with E-state index in [0.717, 1.165) is 16.7 Å². The van der Waals surface area contributed by atoms with Crippen molar-refractivity contribution in [1.29, 1.82) is 0 Å². The highest BCUT2D eigenvalue weighted by Crippen LogP contribution is 2.48. The van der Waals surface area contributed by atoms with Gasteiger partial charge in [0.15, 0.2) is 0 Å². The summed E-state index contributed by atoms with van der Waals surface area (Å²) in [4.78, 5) is 0.184. The van der Waals surface area contributed by atoms with Crippen molar-refractivity contribution in [2.75, 3.05) is 11.4 Å². The third kappa shape index (κ3) is 3.08. The van der Waals surface area contributed by atoms with Gasteiger partial charge in [-0.2, -0.15) is 0 Å². The van der Waals surface area contributed by atoms with Gasteiger partial charge in [0.1, 0.15) is 11.6 Å². The highest BCUT2D eigenvalue weighted by atomic mass is 32.2. The van der Waals surface area contributed by atoms with E-state index in [9.17, 15) is 12.8 Å². The smallest absolute Gasteiger partial charge is 0.264 e. The second-order valence-electron chi connectivity index (χ2n) is 7.11. The molecule has 4 rings (SSSR count). The summed E-state index contributed by atoms with van der Waals surface area (Å²) in [6, 6.07) is 16.3. The lowest BCUT2D eigenvalue weighted by Gasteiger charge is -2.39. The minimum atomic E-state index is -3.88. The van der Waals surface area contributed by atoms with Crippen molar-refractivity contribution in [2.45, 2.75) is 31.2 Å². The average molecular weight is 411 g/mol. The molecule has 1 aliphatic rings. The molecule has 0 aliphatic carbocycles. The Bertz CT molecular complexity index is 1190. The van der Waals surface area contributed by atoms with Crippen LogP contribution in [0, 0.1) is 12.7 Å². The van der Waals surface area contributed by atoms with E-state index in [0.29, 0.717) is 23.4 Å². The van der Waals surface area contributed by atoms with Crippen LogP contribution in [0.2, 0.25) is 0 Å². The van der Waals surface area contributed by atoms with E-state index in [-0.39, 0.29) is 10.7 Å². The Hall–Kier alpha value is -2.86. The van der Waals surface area contributed by atoms with E-state index in [1.807, 2.05) is 32.0 Å². The van der Waals surface area contributed by atoms with Gasteiger partial charge in [-0.1, -0.05) is 31.2 Å². The molecule has 3 aromatic carbocycles. The first-order valence-electron chi connectivity index (χ1n) is 9.46. The molecule has 0 N–H and O–H groups in total. The first-order chi connectivity index (χ1) is 13.9. The summed E-state index contributed by atoms with van der Waals surface area (Å²) in [5.74, 6) is 0.252. The van der Waals surface area contributed by atoms with Gasteiger partial charge in [-0.25, -0.2) is 12.8 Å². The molecule has 1 heterocycles. The van der Waals surface area contributed by atoms with E-state index in [1.54, 1.807) is 37.4 Å². The van der Waals surface area contributed by atoms with Crippen LogP contribution in [-0.4, -0.2) is 15.5 Å². The van der Waals surface area contributed by atoms with Crippen LogP contribution < -0.4 is 9.04 Å². The van der Waals surface area contributed by atoms with Crippen LogP contribution in [-0.2, 0) is 10.0 Å². The maximum absolute atomic E-state index is 14.1. The fraction of sp³-hybridized carbons (Fsp3) is 0.217. The lowest BCUT2D eigenvalue weighted by molar-refractivity contribution is 0.411. The number of ether oxygens (including phenoxy) is 1. The molecule has 29 heavy (non-hydrogen) atoms. The van der Waals surface area contributed by atoms with Crippen LogP contribution in [0.25, 0.3) is 11.1 Å². The maximum Gasteiger partial charge on any atom is 0.264 e. The molecule has 4 nitrogen and oxygen atoms in total. The zero-order valence-corrected chi connectivity index (χ0v) is 17.3. The van der Waals surface area contributed by atoms with E-state index in [2.05, 4.69) is 0 Å².